The first-order valence-corrected chi connectivity index (χ1v) is 8.98. The first-order valence-electron chi connectivity index (χ1n) is 8.98. The maximum absolute atomic E-state index is 5.31. The Hall–Kier alpha value is -1.95. The van der Waals surface area contributed by atoms with E-state index < -0.39 is 0 Å². The van der Waals surface area contributed by atoms with Gasteiger partial charge in [-0.15, -0.1) is 0 Å². The maximum Gasteiger partial charge on any atom is 0.138 e. The molecule has 0 spiro atoms. The maximum atomic E-state index is 5.31. The molecule has 0 N–H and O–H groups in total. The van der Waals surface area contributed by atoms with Crippen molar-refractivity contribution in [3.8, 4) is 0 Å². The van der Waals surface area contributed by atoms with Crippen molar-refractivity contribution < 1.29 is 4.52 Å². The predicted octanol–water partition coefficient (Wildman–Crippen LogP) is 2.45. The third-order valence-electron chi connectivity index (χ3n) is 5.07. The van der Waals surface area contributed by atoms with Gasteiger partial charge in [-0.05, 0) is 38.7 Å². The number of anilines is 1. The van der Waals surface area contributed by atoms with Crippen LogP contribution in [0.15, 0.2) is 29.2 Å². The van der Waals surface area contributed by atoms with E-state index in [1.54, 1.807) is 6.33 Å². The summed E-state index contributed by atoms with van der Waals surface area (Å²) in [6, 6.07) is 5.39. The molecule has 0 amide bonds. The van der Waals surface area contributed by atoms with Gasteiger partial charge in [-0.1, -0.05) is 5.16 Å². The summed E-state index contributed by atoms with van der Waals surface area (Å²) < 4.78 is 5.31. The second-order valence-electron chi connectivity index (χ2n) is 6.96. The molecule has 1 aliphatic heterocycles. The minimum Gasteiger partial charge on any atom is -0.361 e. The lowest BCUT2D eigenvalue weighted by Gasteiger charge is -2.39. The SMILES string of the molecule is Cc1cc(CCN2CCC(N(c3ccncn3)C3CC3)CC2)on1. The summed E-state index contributed by atoms with van der Waals surface area (Å²) >= 11 is 0. The molecule has 6 heteroatoms. The highest BCUT2D eigenvalue weighted by Gasteiger charge is 2.36. The van der Waals surface area contributed by atoms with Gasteiger partial charge in [-0.25, -0.2) is 9.97 Å². The largest absolute Gasteiger partial charge is 0.361 e. The van der Waals surface area contributed by atoms with Crippen molar-refractivity contribution in [2.45, 2.75) is 51.1 Å². The van der Waals surface area contributed by atoms with Crippen LogP contribution in [0.2, 0.25) is 0 Å². The summed E-state index contributed by atoms with van der Waals surface area (Å²) in [6.07, 6.45) is 9.48. The lowest BCUT2D eigenvalue weighted by atomic mass is 10.0. The van der Waals surface area contributed by atoms with Gasteiger partial charge in [0.05, 0.1) is 5.69 Å². The summed E-state index contributed by atoms with van der Waals surface area (Å²) in [5.74, 6) is 2.10. The third kappa shape index (κ3) is 3.59. The lowest BCUT2D eigenvalue weighted by Crippen LogP contribution is -2.46. The number of aromatic nitrogens is 3. The van der Waals surface area contributed by atoms with Crippen molar-refractivity contribution in [1.29, 1.82) is 0 Å². The Kier molecular flexibility index (Phi) is 4.47. The van der Waals surface area contributed by atoms with E-state index in [4.69, 9.17) is 4.52 Å². The molecule has 128 valence electrons. The third-order valence-corrected chi connectivity index (χ3v) is 5.07. The molecule has 0 bridgehead atoms. The fraction of sp³-hybridized carbons (Fsp3) is 0.611. The second kappa shape index (κ2) is 6.89. The number of hydrogen-bond donors (Lipinski definition) is 0. The predicted molar refractivity (Wildman–Crippen MR) is 91.9 cm³/mol. The minimum atomic E-state index is 0.608. The molecule has 1 saturated carbocycles. The number of aryl methyl sites for hydroxylation is 1. The Morgan fingerprint density at radius 1 is 1.21 bits per heavy atom. The van der Waals surface area contributed by atoms with Gasteiger partial charge in [0.2, 0.25) is 0 Å². The number of likely N-dealkylation sites (tertiary alicyclic amines) is 1. The van der Waals surface area contributed by atoms with Crippen molar-refractivity contribution in [2.24, 2.45) is 0 Å². The van der Waals surface area contributed by atoms with Crippen molar-refractivity contribution in [3.63, 3.8) is 0 Å². The van der Waals surface area contributed by atoms with E-state index in [9.17, 15) is 0 Å². The summed E-state index contributed by atoms with van der Waals surface area (Å²) in [7, 11) is 0. The molecule has 2 fully saturated rings. The number of piperidine rings is 1. The standard InChI is InChI=1S/C18H25N5O/c1-14-12-17(24-21-14)7-11-22-9-5-16(6-10-22)23(15-2-3-15)18-4-8-19-13-20-18/h4,8,12-13,15-16H,2-3,5-7,9-11H2,1H3. The molecule has 0 atom stereocenters. The molecule has 1 saturated heterocycles. The molecular formula is C18H25N5O. The molecule has 4 rings (SSSR count). The van der Waals surface area contributed by atoms with E-state index in [0.29, 0.717) is 12.1 Å². The normalized spacial score (nSPS) is 19.5. The quantitative estimate of drug-likeness (QED) is 0.812. The van der Waals surface area contributed by atoms with Crippen molar-refractivity contribution in [2.75, 3.05) is 24.5 Å². The van der Waals surface area contributed by atoms with Crippen LogP contribution in [0.4, 0.5) is 5.82 Å². The molecule has 24 heavy (non-hydrogen) atoms. The first-order chi connectivity index (χ1) is 11.8. The topological polar surface area (TPSA) is 58.3 Å². The van der Waals surface area contributed by atoms with E-state index in [1.165, 1.54) is 25.7 Å². The average molecular weight is 327 g/mol. The summed E-state index contributed by atoms with van der Waals surface area (Å²) in [6.45, 7) is 5.31. The van der Waals surface area contributed by atoms with Gasteiger partial charge >= 0.3 is 0 Å². The fourth-order valence-electron chi connectivity index (χ4n) is 3.68. The lowest BCUT2D eigenvalue weighted by molar-refractivity contribution is 0.204. The van der Waals surface area contributed by atoms with E-state index in [2.05, 4.69) is 31.0 Å². The van der Waals surface area contributed by atoms with Gasteiger partial charge in [0.15, 0.2) is 0 Å². The second-order valence-corrected chi connectivity index (χ2v) is 6.96. The first kappa shape index (κ1) is 15.6. The van der Waals surface area contributed by atoms with E-state index in [0.717, 1.165) is 43.3 Å². The average Bonchev–Trinajstić information content (AvgIpc) is 3.36. The smallest absolute Gasteiger partial charge is 0.138 e. The Labute approximate surface area is 142 Å². The number of rotatable bonds is 6. The van der Waals surface area contributed by atoms with Crippen molar-refractivity contribution in [3.05, 3.63) is 36.1 Å². The van der Waals surface area contributed by atoms with Crippen LogP contribution in [0.3, 0.4) is 0 Å². The van der Waals surface area contributed by atoms with Crippen LogP contribution in [0.1, 0.15) is 37.1 Å². The van der Waals surface area contributed by atoms with Crippen LogP contribution in [0.25, 0.3) is 0 Å². The summed E-state index contributed by atoms with van der Waals surface area (Å²) in [4.78, 5) is 13.6. The van der Waals surface area contributed by atoms with Crippen molar-refractivity contribution in [1.82, 2.24) is 20.0 Å². The highest BCUT2D eigenvalue weighted by atomic mass is 16.5. The zero-order chi connectivity index (χ0) is 16.4. The monoisotopic (exact) mass is 327 g/mol. The minimum absolute atomic E-state index is 0.608. The van der Waals surface area contributed by atoms with Gasteiger partial charge < -0.3 is 14.3 Å². The fourth-order valence-corrected chi connectivity index (χ4v) is 3.68. The number of hydrogen-bond acceptors (Lipinski definition) is 6. The zero-order valence-electron chi connectivity index (χ0n) is 14.3. The van der Waals surface area contributed by atoms with Crippen LogP contribution in [-0.2, 0) is 6.42 Å². The Morgan fingerprint density at radius 3 is 2.62 bits per heavy atom. The van der Waals surface area contributed by atoms with Crippen LogP contribution in [0, 0.1) is 6.92 Å². The van der Waals surface area contributed by atoms with Crippen molar-refractivity contribution >= 4 is 5.82 Å². The molecule has 0 aromatic carbocycles. The van der Waals surface area contributed by atoms with Crippen LogP contribution < -0.4 is 4.90 Å². The Balaban J connectivity index is 1.31. The van der Waals surface area contributed by atoms with Crippen LogP contribution >= 0.6 is 0 Å². The molecule has 6 nitrogen and oxygen atoms in total. The van der Waals surface area contributed by atoms with Crippen LogP contribution in [0.5, 0.6) is 0 Å². The molecular weight excluding hydrogens is 302 g/mol. The Morgan fingerprint density at radius 2 is 2.00 bits per heavy atom. The van der Waals surface area contributed by atoms with Crippen LogP contribution in [-0.4, -0.2) is 51.7 Å². The highest BCUT2D eigenvalue weighted by Crippen LogP contribution is 2.35. The highest BCUT2D eigenvalue weighted by molar-refractivity contribution is 5.41. The van der Waals surface area contributed by atoms with E-state index >= 15 is 0 Å². The molecule has 2 aliphatic rings. The molecule has 2 aromatic heterocycles. The van der Waals surface area contributed by atoms with Gasteiger partial charge in [0.1, 0.15) is 17.9 Å². The molecule has 3 heterocycles. The molecule has 2 aromatic rings. The summed E-state index contributed by atoms with van der Waals surface area (Å²) in [5.41, 5.74) is 0.966. The summed E-state index contributed by atoms with van der Waals surface area (Å²) in [5, 5.41) is 3.96. The van der Waals surface area contributed by atoms with Gasteiger partial charge in [0.25, 0.3) is 0 Å². The number of nitrogens with zero attached hydrogens (tertiary/aromatic N) is 5. The van der Waals surface area contributed by atoms with Gasteiger partial charge in [-0.2, -0.15) is 0 Å². The van der Waals surface area contributed by atoms with Gasteiger partial charge in [0, 0.05) is 50.4 Å². The molecule has 1 aliphatic carbocycles. The van der Waals surface area contributed by atoms with E-state index in [-0.39, 0.29) is 0 Å². The molecule has 0 unspecified atom stereocenters. The zero-order valence-corrected chi connectivity index (χ0v) is 14.3. The Bertz CT molecular complexity index is 646. The van der Waals surface area contributed by atoms with E-state index in [1.807, 2.05) is 19.2 Å². The van der Waals surface area contributed by atoms with Gasteiger partial charge in [-0.3, -0.25) is 0 Å². The molecule has 0 radical (unpaired) electrons.